The van der Waals surface area contributed by atoms with Gasteiger partial charge in [0, 0.05) is 45.2 Å². The molecule has 0 unspecified atom stereocenters. The van der Waals surface area contributed by atoms with E-state index in [0.717, 1.165) is 6.07 Å². The van der Waals surface area contributed by atoms with Gasteiger partial charge in [0.2, 0.25) is 11.6 Å². The third kappa shape index (κ3) is 4.26. The van der Waals surface area contributed by atoms with Gasteiger partial charge in [-0.2, -0.15) is 0 Å². The number of ketones is 4. The van der Waals surface area contributed by atoms with Crippen LogP contribution in [0, 0.1) is 6.92 Å². The molecule has 6 rings (SSSR count). The average Bonchev–Trinajstić information content (AvgIpc) is 3.02. The van der Waals surface area contributed by atoms with Gasteiger partial charge >= 0.3 is 0 Å². The molecular weight excluding hydrogens is 584 g/mol. The number of amides is 1. The van der Waals surface area contributed by atoms with Crippen molar-refractivity contribution in [2.45, 2.75) is 19.8 Å². The zero-order chi connectivity index (χ0) is 32.3. The molecule has 6 N–H and O–H groups in total. The van der Waals surface area contributed by atoms with Gasteiger partial charge in [0.25, 0.3) is 11.9 Å². The molecule has 4 aliphatic rings. The molecule has 2 aromatic carbocycles. The van der Waals surface area contributed by atoms with E-state index >= 15 is 0 Å². The Hall–Kier alpha value is -6.17. The highest BCUT2D eigenvalue weighted by molar-refractivity contribution is 6.43. The number of carbonyl (C=O) groups is 5. The lowest BCUT2D eigenvalue weighted by Gasteiger charge is -2.34. The highest BCUT2D eigenvalue weighted by Crippen LogP contribution is 2.50. The van der Waals surface area contributed by atoms with E-state index in [1.807, 2.05) is 0 Å². The van der Waals surface area contributed by atoms with Crippen molar-refractivity contribution >= 4 is 29.0 Å². The number of rotatable bonds is 4. The summed E-state index contributed by atoms with van der Waals surface area (Å²) in [6.45, 7) is 1.36. The summed E-state index contributed by atoms with van der Waals surface area (Å²) in [6.07, 6.45) is 2.89. The quantitative estimate of drug-likeness (QED) is 0.129. The molecule has 0 saturated carbocycles. The van der Waals surface area contributed by atoms with E-state index < -0.39 is 57.6 Å². The Balaban J connectivity index is 1.47. The Morgan fingerprint density at radius 1 is 0.889 bits per heavy atom. The number of nitrogens with one attached hydrogen (secondary N) is 2. The third-order valence-corrected chi connectivity index (χ3v) is 8.12. The van der Waals surface area contributed by atoms with Crippen molar-refractivity contribution < 1.29 is 49.1 Å². The van der Waals surface area contributed by atoms with Crippen LogP contribution in [0.5, 0.6) is 11.5 Å². The highest BCUT2D eigenvalue weighted by atomic mass is 16.5. The molecule has 0 saturated heterocycles. The van der Waals surface area contributed by atoms with Crippen LogP contribution in [0.1, 0.15) is 49.5 Å². The lowest BCUT2D eigenvalue weighted by molar-refractivity contribution is -0.114. The van der Waals surface area contributed by atoms with E-state index in [1.165, 1.54) is 26.3 Å². The van der Waals surface area contributed by atoms with E-state index in [-0.39, 0.29) is 63.2 Å². The van der Waals surface area contributed by atoms with Crippen LogP contribution in [-0.4, -0.2) is 56.6 Å². The van der Waals surface area contributed by atoms with Crippen molar-refractivity contribution in [1.82, 2.24) is 10.9 Å². The largest absolute Gasteiger partial charge is 0.508 e. The number of methoxy groups -OCH3 is 1. The van der Waals surface area contributed by atoms with E-state index in [0.29, 0.717) is 11.1 Å². The van der Waals surface area contributed by atoms with Crippen molar-refractivity contribution in [2.75, 3.05) is 7.11 Å². The molecule has 0 aliphatic heterocycles. The first kappa shape index (κ1) is 28.9. The van der Waals surface area contributed by atoms with Gasteiger partial charge in [-0.1, -0.05) is 18.2 Å². The standard InChI is InChI=1S/C33H24N2O10/c1-13-19(36)11-18-23(26(13)37)30(41)25-24(27(18)38)29(40)22-17(31(25)45-2)9-8-15-10-16(21(33(43)44)28(39)20(15)22)12-34-35-32(42)14-6-4-3-5-7-14/h3-7,10-12,34,36-37,43-44H,8-9H2,1-2H3,(H,35,42)/b16-12+. The van der Waals surface area contributed by atoms with Gasteiger partial charge < -0.3 is 30.6 Å². The number of phenols is 2. The first-order chi connectivity index (χ1) is 21.5. The predicted molar refractivity (Wildman–Crippen MR) is 156 cm³/mol. The van der Waals surface area contributed by atoms with E-state index in [2.05, 4.69) is 10.9 Å². The number of Topliss-reactive ketones (excluding diaryl/α,β-unsaturated/α-hetero) is 4. The van der Waals surface area contributed by atoms with Crippen LogP contribution in [0.2, 0.25) is 0 Å². The summed E-state index contributed by atoms with van der Waals surface area (Å²) in [5.74, 6) is -6.77. The minimum atomic E-state index is -1.35. The van der Waals surface area contributed by atoms with Crippen molar-refractivity contribution in [3.05, 3.63) is 127 Å². The van der Waals surface area contributed by atoms with E-state index in [9.17, 15) is 44.4 Å². The Kier molecular flexibility index (Phi) is 6.76. The summed E-state index contributed by atoms with van der Waals surface area (Å²) in [5, 5.41) is 41.2. The van der Waals surface area contributed by atoms with Gasteiger partial charge in [-0.3, -0.25) is 29.4 Å². The van der Waals surface area contributed by atoms with Crippen LogP contribution in [0.3, 0.4) is 0 Å². The zero-order valence-corrected chi connectivity index (χ0v) is 23.8. The monoisotopic (exact) mass is 608 g/mol. The number of hydrogen-bond acceptors (Lipinski definition) is 11. The lowest BCUT2D eigenvalue weighted by atomic mass is 9.67. The lowest BCUT2D eigenvalue weighted by Crippen LogP contribution is -2.36. The first-order valence-corrected chi connectivity index (χ1v) is 13.6. The SMILES string of the molecule is COC1=C2CCC3=C/C(=C\NNC(=O)c4ccccc4)C(=C(O)O)C(=O)C3=C2C(=O)C2=C1C(=O)c1c(cc(O)c(C)c1O)C2=O. The number of aromatic hydroxyl groups is 2. The molecule has 4 aliphatic carbocycles. The van der Waals surface area contributed by atoms with Crippen LogP contribution in [0.15, 0.2) is 105 Å². The van der Waals surface area contributed by atoms with Crippen molar-refractivity contribution in [3.63, 3.8) is 0 Å². The fraction of sp³-hybridized carbons (Fsp3) is 0.121. The smallest absolute Gasteiger partial charge is 0.286 e. The van der Waals surface area contributed by atoms with Crippen LogP contribution >= 0.6 is 0 Å². The average molecular weight is 609 g/mol. The fourth-order valence-electron chi connectivity index (χ4n) is 5.99. The molecular formula is C33H24N2O10. The molecule has 45 heavy (non-hydrogen) atoms. The van der Waals surface area contributed by atoms with Crippen LogP contribution in [-0.2, 0) is 14.3 Å². The van der Waals surface area contributed by atoms with E-state index in [4.69, 9.17) is 4.74 Å². The second-order valence-electron chi connectivity index (χ2n) is 10.6. The van der Waals surface area contributed by atoms with E-state index in [1.54, 1.807) is 30.3 Å². The topological polar surface area (TPSA) is 200 Å². The number of ether oxygens (including phenoxy) is 1. The number of hydrogen-bond donors (Lipinski definition) is 6. The number of fused-ring (bicyclic) bond motifs is 3. The molecule has 0 aromatic heterocycles. The van der Waals surface area contributed by atoms with Gasteiger partial charge in [0.1, 0.15) is 22.8 Å². The summed E-state index contributed by atoms with van der Waals surface area (Å²) in [4.78, 5) is 67.8. The van der Waals surface area contributed by atoms with Crippen molar-refractivity contribution in [1.29, 1.82) is 0 Å². The Labute approximate surface area is 254 Å². The summed E-state index contributed by atoms with van der Waals surface area (Å²) in [7, 11) is 1.23. The maximum absolute atomic E-state index is 14.1. The molecule has 0 atom stereocenters. The van der Waals surface area contributed by atoms with Gasteiger partial charge in [-0.15, -0.1) is 0 Å². The molecule has 226 valence electrons. The fourth-order valence-corrected chi connectivity index (χ4v) is 5.99. The number of benzene rings is 2. The molecule has 1 amide bonds. The molecule has 12 nitrogen and oxygen atoms in total. The normalized spacial score (nSPS) is 18.3. The number of allylic oxidation sites excluding steroid dienone is 9. The van der Waals surface area contributed by atoms with Gasteiger partial charge in [0.15, 0.2) is 11.6 Å². The maximum atomic E-state index is 14.1. The number of phenolic OH excluding ortho intramolecular Hbond substituents is 2. The van der Waals surface area contributed by atoms with Crippen LogP contribution in [0.4, 0.5) is 0 Å². The third-order valence-electron chi connectivity index (χ3n) is 8.12. The Morgan fingerprint density at radius 3 is 2.27 bits per heavy atom. The van der Waals surface area contributed by atoms with Crippen molar-refractivity contribution in [2.24, 2.45) is 0 Å². The maximum Gasteiger partial charge on any atom is 0.286 e. The number of hydrazine groups is 1. The number of aliphatic hydroxyl groups is 2. The minimum absolute atomic E-state index is 0.00515. The van der Waals surface area contributed by atoms with Crippen LogP contribution < -0.4 is 10.9 Å². The molecule has 2 aromatic rings. The van der Waals surface area contributed by atoms with Gasteiger partial charge in [-0.05, 0) is 49.6 Å². The summed E-state index contributed by atoms with van der Waals surface area (Å²) >= 11 is 0. The predicted octanol–water partition coefficient (Wildman–Crippen LogP) is 3.31. The Morgan fingerprint density at radius 2 is 1.60 bits per heavy atom. The Bertz CT molecular complexity index is 2000. The molecule has 0 bridgehead atoms. The summed E-state index contributed by atoms with van der Waals surface area (Å²) in [5.41, 5.74) is 3.02. The molecule has 0 radical (unpaired) electrons. The summed E-state index contributed by atoms with van der Waals surface area (Å²) < 4.78 is 5.56. The van der Waals surface area contributed by atoms with Gasteiger partial charge in [0.05, 0.1) is 23.8 Å². The van der Waals surface area contributed by atoms with Crippen LogP contribution in [0.25, 0.3) is 0 Å². The van der Waals surface area contributed by atoms with Gasteiger partial charge in [-0.25, -0.2) is 0 Å². The molecule has 0 heterocycles. The number of carbonyl (C=O) groups excluding carboxylic acids is 5. The molecule has 0 spiro atoms. The second kappa shape index (κ2) is 10.5. The summed E-state index contributed by atoms with van der Waals surface area (Å²) in [6, 6.07) is 9.25. The second-order valence-corrected chi connectivity index (χ2v) is 10.6. The highest BCUT2D eigenvalue weighted by Gasteiger charge is 2.49. The minimum Gasteiger partial charge on any atom is -0.508 e. The molecule has 0 fully saturated rings. The number of aliphatic hydroxyl groups excluding tert-OH is 1. The zero-order valence-electron chi connectivity index (χ0n) is 23.8. The van der Waals surface area contributed by atoms with Crippen molar-refractivity contribution in [3.8, 4) is 11.5 Å². The first-order valence-electron chi connectivity index (χ1n) is 13.6. The molecule has 12 heteroatoms.